The first-order valence-electron chi connectivity index (χ1n) is 11.5. The second-order valence-electron chi connectivity index (χ2n) is 8.24. The van der Waals surface area contributed by atoms with Gasteiger partial charge in [-0.2, -0.15) is 0 Å². The van der Waals surface area contributed by atoms with E-state index in [1.165, 1.54) is 24.8 Å². The summed E-state index contributed by atoms with van der Waals surface area (Å²) in [7, 11) is 0. The van der Waals surface area contributed by atoms with Gasteiger partial charge < -0.3 is 5.11 Å². The highest BCUT2D eigenvalue weighted by Gasteiger charge is 2.19. The molecule has 3 nitrogen and oxygen atoms in total. The number of carboxylic acid groups (broad SMARTS) is 1. The van der Waals surface area contributed by atoms with Crippen molar-refractivity contribution in [3.05, 3.63) is 78.0 Å². The summed E-state index contributed by atoms with van der Waals surface area (Å²) < 4.78 is 0. The van der Waals surface area contributed by atoms with Gasteiger partial charge in [-0.25, -0.2) is 0 Å². The van der Waals surface area contributed by atoms with E-state index in [1.54, 1.807) is 0 Å². The number of benzene rings is 2. The molecule has 0 amide bonds. The highest BCUT2D eigenvalue weighted by atomic mass is 16.4. The molecule has 0 radical (unpaired) electrons. The van der Waals surface area contributed by atoms with Crippen LogP contribution in [0.15, 0.2) is 66.9 Å². The number of unbranched alkanes of at least 4 members (excludes halogenated alkanes) is 3. The van der Waals surface area contributed by atoms with Gasteiger partial charge in [0.05, 0.1) is 11.6 Å². The average Bonchev–Trinajstić information content (AvgIpc) is 2.80. The minimum absolute atomic E-state index is 0.424. The molecule has 3 aromatic rings. The van der Waals surface area contributed by atoms with Crippen LogP contribution in [-0.2, 0) is 11.2 Å². The molecule has 1 N–H and O–H groups in total. The van der Waals surface area contributed by atoms with E-state index in [-0.39, 0.29) is 0 Å². The number of carboxylic acids is 1. The highest BCUT2D eigenvalue weighted by molar-refractivity contribution is 5.77. The van der Waals surface area contributed by atoms with Gasteiger partial charge >= 0.3 is 5.97 Å². The van der Waals surface area contributed by atoms with Crippen molar-refractivity contribution >= 4 is 5.97 Å². The Labute approximate surface area is 186 Å². The van der Waals surface area contributed by atoms with Crippen molar-refractivity contribution in [3.63, 3.8) is 0 Å². The van der Waals surface area contributed by atoms with Gasteiger partial charge in [0.1, 0.15) is 0 Å². The summed E-state index contributed by atoms with van der Waals surface area (Å²) in [4.78, 5) is 16.3. The van der Waals surface area contributed by atoms with Crippen LogP contribution in [0.5, 0.6) is 0 Å². The lowest BCUT2D eigenvalue weighted by atomic mass is 9.92. The van der Waals surface area contributed by atoms with Crippen molar-refractivity contribution in [2.24, 2.45) is 0 Å². The quantitative estimate of drug-likeness (QED) is 0.330. The molecule has 0 aliphatic carbocycles. The zero-order chi connectivity index (χ0) is 22.1. The maximum atomic E-state index is 11.6. The van der Waals surface area contributed by atoms with Crippen LogP contribution in [0.25, 0.3) is 22.4 Å². The minimum Gasteiger partial charge on any atom is -0.481 e. The first-order valence-corrected chi connectivity index (χ1v) is 11.5. The summed E-state index contributed by atoms with van der Waals surface area (Å²) in [5, 5.41) is 9.54. The van der Waals surface area contributed by atoms with Crippen LogP contribution >= 0.6 is 0 Å². The second-order valence-corrected chi connectivity index (χ2v) is 8.24. The molecule has 0 saturated carbocycles. The monoisotopic (exact) mass is 415 g/mol. The SMILES string of the molecule is CCCCCc1ccc(-c2ccc(-c3ccc(C(CCCC)C(=O)O)cc3)cc2)nc1. The number of aromatic nitrogens is 1. The predicted molar refractivity (Wildman–Crippen MR) is 128 cm³/mol. The number of aliphatic carboxylic acids is 1. The molecule has 0 spiro atoms. The van der Waals surface area contributed by atoms with Crippen LogP contribution < -0.4 is 0 Å². The molecule has 2 aromatic carbocycles. The number of rotatable bonds is 11. The summed E-state index contributed by atoms with van der Waals surface area (Å²) in [6.45, 7) is 4.31. The first-order chi connectivity index (χ1) is 15.1. The third-order valence-corrected chi connectivity index (χ3v) is 5.87. The topological polar surface area (TPSA) is 50.2 Å². The molecule has 1 unspecified atom stereocenters. The average molecular weight is 416 g/mol. The van der Waals surface area contributed by atoms with Crippen LogP contribution in [0.3, 0.4) is 0 Å². The van der Waals surface area contributed by atoms with Crippen LogP contribution in [0.1, 0.15) is 69.4 Å². The van der Waals surface area contributed by atoms with Gasteiger partial charge in [0.2, 0.25) is 0 Å². The van der Waals surface area contributed by atoms with Gasteiger partial charge in [-0.05, 0) is 47.6 Å². The van der Waals surface area contributed by atoms with Crippen LogP contribution in [0, 0.1) is 0 Å². The third kappa shape index (κ3) is 6.27. The zero-order valence-corrected chi connectivity index (χ0v) is 18.7. The minimum atomic E-state index is -0.741. The van der Waals surface area contributed by atoms with Gasteiger partial charge in [0, 0.05) is 11.8 Å². The van der Waals surface area contributed by atoms with E-state index in [0.717, 1.165) is 47.2 Å². The number of pyridine rings is 1. The fourth-order valence-corrected chi connectivity index (χ4v) is 3.90. The van der Waals surface area contributed by atoms with Gasteiger partial charge in [-0.15, -0.1) is 0 Å². The molecule has 0 aliphatic rings. The Bertz CT molecular complexity index is 944. The molecule has 0 saturated heterocycles. The maximum Gasteiger partial charge on any atom is 0.310 e. The summed E-state index contributed by atoms with van der Waals surface area (Å²) in [6.07, 6.45) is 9.42. The summed E-state index contributed by atoms with van der Waals surface area (Å²) in [5.41, 5.74) is 6.48. The number of hydrogen-bond donors (Lipinski definition) is 1. The molecule has 1 aromatic heterocycles. The molecule has 1 atom stereocenters. The highest BCUT2D eigenvalue weighted by Crippen LogP contribution is 2.28. The largest absolute Gasteiger partial charge is 0.481 e. The molecule has 0 bridgehead atoms. The number of carbonyl (C=O) groups is 1. The normalized spacial score (nSPS) is 11.9. The summed E-state index contributed by atoms with van der Waals surface area (Å²) in [6, 6.07) is 20.7. The lowest BCUT2D eigenvalue weighted by Gasteiger charge is -2.13. The molecule has 3 heteroatoms. The van der Waals surface area contributed by atoms with E-state index in [9.17, 15) is 9.90 Å². The summed E-state index contributed by atoms with van der Waals surface area (Å²) >= 11 is 0. The van der Waals surface area contributed by atoms with Gasteiger partial charge in [0.15, 0.2) is 0 Å². The Balaban J connectivity index is 1.69. The van der Waals surface area contributed by atoms with Crippen LogP contribution in [0.4, 0.5) is 0 Å². The Morgan fingerprint density at radius 1 is 0.806 bits per heavy atom. The van der Waals surface area contributed by atoms with Crippen LogP contribution in [-0.4, -0.2) is 16.1 Å². The fraction of sp³-hybridized carbons (Fsp3) is 0.357. The van der Waals surface area contributed by atoms with Crippen molar-refractivity contribution in [1.29, 1.82) is 0 Å². The fourth-order valence-electron chi connectivity index (χ4n) is 3.90. The van der Waals surface area contributed by atoms with Crippen molar-refractivity contribution in [3.8, 4) is 22.4 Å². The van der Waals surface area contributed by atoms with E-state index in [2.05, 4.69) is 55.2 Å². The Kier molecular flexibility index (Phi) is 8.40. The number of hydrogen-bond acceptors (Lipinski definition) is 2. The van der Waals surface area contributed by atoms with E-state index < -0.39 is 11.9 Å². The maximum absolute atomic E-state index is 11.6. The molecular weight excluding hydrogens is 382 g/mol. The first kappa shape index (κ1) is 22.7. The van der Waals surface area contributed by atoms with E-state index in [0.29, 0.717) is 6.42 Å². The number of nitrogens with zero attached hydrogens (tertiary/aromatic N) is 1. The summed E-state index contributed by atoms with van der Waals surface area (Å²) in [5.74, 6) is -1.16. The molecule has 3 rings (SSSR count). The second kappa shape index (κ2) is 11.5. The molecular formula is C28H33NO2. The van der Waals surface area contributed by atoms with Gasteiger partial charge in [-0.3, -0.25) is 9.78 Å². The Morgan fingerprint density at radius 2 is 1.42 bits per heavy atom. The Morgan fingerprint density at radius 3 is 1.97 bits per heavy atom. The van der Waals surface area contributed by atoms with E-state index in [4.69, 9.17) is 0 Å². The smallest absolute Gasteiger partial charge is 0.310 e. The lowest BCUT2D eigenvalue weighted by Crippen LogP contribution is -2.11. The van der Waals surface area contributed by atoms with Gasteiger partial charge in [0.25, 0.3) is 0 Å². The standard InChI is InChI=1S/C28H33NO2/c1-3-5-7-8-21-10-19-27(29-20-21)25-17-13-23(14-18-25)22-11-15-24(16-12-22)26(28(30)31)9-6-4-2/h10-20,26H,3-9H2,1-2H3,(H,30,31). The molecule has 31 heavy (non-hydrogen) atoms. The molecule has 1 heterocycles. The van der Waals surface area contributed by atoms with Crippen molar-refractivity contribution in [1.82, 2.24) is 4.98 Å². The Hall–Kier alpha value is -2.94. The third-order valence-electron chi connectivity index (χ3n) is 5.87. The zero-order valence-electron chi connectivity index (χ0n) is 18.7. The molecule has 0 aliphatic heterocycles. The molecule has 0 fully saturated rings. The van der Waals surface area contributed by atoms with Gasteiger partial charge in [-0.1, -0.05) is 94.1 Å². The van der Waals surface area contributed by atoms with Crippen LogP contribution in [0.2, 0.25) is 0 Å². The molecule has 162 valence electrons. The number of aryl methyl sites for hydroxylation is 1. The van der Waals surface area contributed by atoms with Crippen molar-refractivity contribution in [2.75, 3.05) is 0 Å². The van der Waals surface area contributed by atoms with Crippen molar-refractivity contribution < 1.29 is 9.90 Å². The predicted octanol–water partition coefficient (Wildman–Crippen LogP) is 7.51. The lowest BCUT2D eigenvalue weighted by molar-refractivity contribution is -0.139. The van der Waals surface area contributed by atoms with E-state index >= 15 is 0 Å². The van der Waals surface area contributed by atoms with E-state index in [1.807, 2.05) is 30.5 Å². The van der Waals surface area contributed by atoms with Crippen molar-refractivity contribution in [2.45, 2.75) is 64.7 Å².